The topological polar surface area (TPSA) is 66.4 Å². The predicted octanol–water partition coefficient (Wildman–Crippen LogP) is 1.09. The molecular formula is C10H9NO3. The summed E-state index contributed by atoms with van der Waals surface area (Å²) in [5, 5.41) is 11.6. The van der Waals surface area contributed by atoms with Gasteiger partial charge in [0.1, 0.15) is 5.75 Å². The quantitative estimate of drug-likeness (QED) is 0.247. The second kappa shape index (κ2) is 4.23. The summed E-state index contributed by atoms with van der Waals surface area (Å²) < 4.78 is 0. The first kappa shape index (κ1) is 9.98. The average molecular weight is 191 g/mol. The molecule has 1 amide bonds. The van der Waals surface area contributed by atoms with Crippen molar-refractivity contribution in [2.24, 2.45) is 0 Å². The summed E-state index contributed by atoms with van der Waals surface area (Å²) in [5.41, 5.74) is 0.0637. The second-order valence-electron chi connectivity index (χ2n) is 2.61. The Kier molecular flexibility index (Phi) is 3.01. The van der Waals surface area contributed by atoms with E-state index < -0.39 is 5.91 Å². The van der Waals surface area contributed by atoms with Crippen molar-refractivity contribution in [3.63, 3.8) is 0 Å². The zero-order chi connectivity index (χ0) is 10.6. The van der Waals surface area contributed by atoms with Crippen LogP contribution in [0.1, 0.15) is 0 Å². The summed E-state index contributed by atoms with van der Waals surface area (Å²) in [6.07, 6.45) is 0.356. The molecule has 1 rings (SSSR count). The molecule has 1 aromatic rings. The number of phenols is 1. The maximum absolute atomic E-state index is 11.1. The first-order valence-electron chi connectivity index (χ1n) is 3.88. The van der Waals surface area contributed by atoms with Gasteiger partial charge in [0.25, 0.3) is 5.91 Å². The molecule has 0 saturated heterocycles. The van der Waals surface area contributed by atoms with E-state index in [9.17, 15) is 14.7 Å². The van der Waals surface area contributed by atoms with E-state index in [0.717, 1.165) is 0 Å². The highest BCUT2D eigenvalue weighted by Gasteiger charge is 2.07. The molecule has 0 unspecified atom stereocenters. The number of phenolic OH excluding ortho intramolecular Hbond substituents is 1. The monoisotopic (exact) mass is 191 g/mol. The van der Waals surface area contributed by atoms with E-state index in [2.05, 4.69) is 11.9 Å². The largest absolute Gasteiger partial charge is 0.506 e. The van der Waals surface area contributed by atoms with Crippen LogP contribution in [-0.4, -0.2) is 17.3 Å². The normalized spacial score (nSPS) is 9.14. The Bertz CT molecular complexity index is 385. The summed E-state index contributed by atoms with van der Waals surface area (Å²) in [4.78, 5) is 21.3. The van der Waals surface area contributed by atoms with Crippen molar-refractivity contribution < 1.29 is 14.7 Å². The van der Waals surface area contributed by atoms with E-state index in [1.54, 1.807) is 12.1 Å². The first-order chi connectivity index (χ1) is 6.65. The summed E-state index contributed by atoms with van der Waals surface area (Å²) >= 11 is 0. The molecule has 0 fully saturated rings. The highest BCUT2D eigenvalue weighted by atomic mass is 16.3. The third-order valence-electron chi connectivity index (χ3n) is 1.59. The Labute approximate surface area is 80.9 Å². The van der Waals surface area contributed by atoms with Crippen LogP contribution in [0.5, 0.6) is 5.75 Å². The molecule has 1 aromatic carbocycles. The van der Waals surface area contributed by atoms with Gasteiger partial charge in [0.2, 0.25) is 0 Å². The maximum atomic E-state index is 11.1. The molecule has 72 valence electrons. The number of rotatable bonds is 3. The molecule has 0 bridgehead atoms. The molecule has 0 radical (unpaired) electrons. The van der Waals surface area contributed by atoms with Crippen molar-refractivity contribution in [3.05, 3.63) is 36.4 Å². The van der Waals surface area contributed by atoms with Crippen molar-refractivity contribution in [1.29, 1.82) is 0 Å². The molecule has 0 atom stereocenters. The molecule has 0 spiro atoms. The molecule has 0 heterocycles. The van der Waals surface area contributed by atoms with E-state index in [4.69, 9.17) is 0 Å². The van der Waals surface area contributed by atoms with Gasteiger partial charge in [0, 0.05) is 0 Å². The van der Waals surface area contributed by atoms with Crippen LogP contribution >= 0.6 is 0 Å². The van der Waals surface area contributed by atoms with Gasteiger partial charge in [-0.25, -0.2) is 0 Å². The smallest absolute Gasteiger partial charge is 0.258 e. The lowest BCUT2D eigenvalue weighted by Crippen LogP contribution is -2.14. The summed E-state index contributed by atoms with van der Waals surface area (Å²) in [5.74, 6) is -0.680. The first-order valence-corrected chi connectivity index (χ1v) is 3.88. The molecule has 4 nitrogen and oxygen atoms in total. The van der Waals surface area contributed by atoms with Crippen LogP contribution < -0.4 is 5.32 Å². The molecule has 0 aliphatic rings. The minimum Gasteiger partial charge on any atom is -0.506 e. The van der Waals surface area contributed by atoms with Gasteiger partial charge in [-0.3, -0.25) is 9.59 Å². The third-order valence-corrected chi connectivity index (χ3v) is 1.59. The second-order valence-corrected chi connectivity index (χ2v) is 2.61. The Hall–Kier alpha value is -2.10. The van der Waals surface area contributed by atoms with Gasteiger partial charge in [0.15, 0.2) is 6.29 Å². The van der Waals surface area contributed by atoms with Crippen molar-refractivity contribution in [2.45, 2.75) is 0 Å². The number of amides is 1. The summed E-state index contributed by atoms with van der Waals surface area (Å²) in [6.45, 7) is 3.24. The van der Waals surface area contributed by atoms with E-state index >= 15 is 0 Å². The molecule has 4 heteroatoms. The Morgan fingerprint density at radius 3 is 2.64 bits per heavy atom. The SMILES string of the molecule is C=C(C=O)C(=O)Nc1ccccc1O. The number of carbonyl (C=O) groups is 2. The molecular weight excluding hydrogens is 182 g/mol. The van der Waals surface area contributed by atoms with Gasteiger partial charge in [0.05, 0.1) is 11.3 Å². The number of benzene rings is 1. The third kappa shape index (κ3) is 2.20. The van der Waals surface area contributed by atoms with E-state index in [-0.39, 0.29) is 17.0 Å². The molecule has 0 saturated carbocycles. The van der Waals surface area contributed by atoms with Gasteiger partial charge in [-0.2, -0.15) is 0 Å². The fourth-order valence-electron chi connectivity index (χ4n) is 0.835. The zero-order valence-corrected chi connectivity index (χ0v) is 7.36. The van der Waals surface area contributed by atoms with Crippen LogP contribution in [0, 0.1) is 0 Å². The number of carbonyl (C=O) groups excluding carboxylic acids is 2. The summed E-state index contributed by atoms with van der Waals surface area (Å²) in [7, 11) is 0. The number of nitrogens with one attached hydrogen (secondary N) is 1. The lowest BCUT2D eigenvalue weighted by Gasteiger charge is -2.05. The molecule has 0 aromatic heterocycles. The fourth-order valence-corrected chi connectivity index (χ4v) is 0.835. The van der Waals surface area contributed by atoms with Crippen LogP contribution in [-0.2, 0) is 9.59 Å². The van der Waals surface area contributed by atoms with Crippen molar-refractivity contribution in [1.82, 2.24) is 0 Å². The maximum Gasteiger partial charge on any atom is 0.258 e. The van der Waals surface area contributed by atoms with Gasteiger partial charge >= 0.3 is 0 Å². The zero-order valence-electron chi connectivity index (χ0n) is 7.36. The van der Waals surface area contributed by atoms with Gasteiger partial charge < -0.3 is 10.4 Å². The Morgan fingerprint density at radius 1 is 1.43 bits per heavy atom. The minimum absolute atomic E-state index is 0.0560. The lowest BCUT2D eigenvalue weighted by atomic mass is 10.2. The lowest BCUT2D eigenvalue weighted by molar-refractivity contribution is -0.115. The van der Waals surface area contributed by atoms with Crippen LogP contribution in [0.25, 0.3) is 0 Å². The fraction of sp³-hybridized carbons (Fsp3) is 0. The molecule has 0 aliphatic heterocycles. The van der Waals surface area contributed by atoms with E-state index in [0.29, 0.717) is 6.29 Å². The standard InChI is InChI=1S/C10H9NO3/c1-7(6-12)10(14)11-8-4-2-3-5-9(8)13/h2-6,13H,1H2,(H,11,14). The van der Waals surface area contributed by atoms with Crippen LogP contribution in [0.4, 0.5) is 5.69 Å². The average Bonchev–Trinajstić information content (AvgIpc) is 2.20. The van der Waals surface area contributed by atoms with Crippen LogP contribution in [0.3, 0.4) is 0 Å². The van der Waals surface area contributed by atoms with E-state index in [1.165, 1.54) is 12.1 Å². The van der Waals surface area contributed by atoms with Crippen molar-refractivity contribution in [3.8, 4) is 5.75 Å². The number of anilines is 1. The summed E-state index contributed by atoms with van der Waals surface area (Å²) in [6, 6.07) is 6.23. The Morgan fingerprint density at radius 2 is 2.07 bits per heavy atom. The van der Waals surface area contributed by atoms with Crippen molar-refractivity contribution in [2.75, 3.05) is 5.32 Å². The number of aldehydes is 1. The number of para-hydroxylation sites is 2. The van der Waals surface area contributed by atoms with Gasteiger partial charge in [-0.1, -0.05) is 18.7 Å². The highest BCUT2D eigenvalue weighted by molar-refractivity contribution is 6.16. The van der Waals surface area contributed by atoms with Gasteiger partial charge in [-0.15, -0.1) is 0 Å². The molecule has 0 aliphatic carbocycles. The number of hydrogen-bond acceptors (Lipinski definition) is 3. The van der Waals surface area contributed by atoms with Crippen molar-refractivity contribution >= 4 is 17.9 Å². The van der Waals surface area contributed by atoms with Crippen LogP contribution in [0.2, 0.25) is 0 Å². The van der Waals surface area contributed by atoms with Gasteiger partial charge in [-0.05, 0) is 12.1 Å². The number of hydrogen-bond donors (Lipinski definition) is 2. The highest BCUT2D eigenvalue weighted by Crippen LogP contribution is 2.21. The minimum atomic E-state index is -0.624. The Balaban J connectivity index is 2.79. The number of aromatic hydroxyl groups is 1. The van der Waals surface area contributed by atoms with Crippen LogP contribution in [0.15, 0.2) is 36.4 Å². The molecule has 2 N–H and O–H groups in total. The molecule has 14 heavy (non-hydrogen) atoms. The van der Waals surface area contributed by atoms with E-state index in [1.807, 2.05) is 0 Å². The predicted molar refractivity (Wildman–Crippen MR) is 51.9 cm³/mol.